The van der Waals surface area contributed by atoms with Crippen molar-refractivity contribution < 1.29 is 4.79 Å². The minimum Gasteiger partial charge on any atom is -0.351 e. The number of nitrogens with two attached hydrogens (primary N) is 1. The molecular weight excluding hydrogens is 249 g/mol. The molecule has 2 fully saturated rings. The molecule has 0 radical (unpaired) electrons. The lowest BCUT2D eigenvalue weighted by Crippen LogP contribution is -2.44. The molecule has 16 heavy (non-hydrogen) atoms. The highest BCUT2D eigenvalue weighted by Gasteiger charge is 2.29. The average molecular weight is 270 g/mol. The number of carbonyl (C=O) groups is 1. The summed E-state index contributed by atoms with van der Waals surface area (Å²) in [5.74, 6) is 0. The van der Waals surface area contributed by atoms with Crippen molar-refractivity contribution in [1.82, 2.24) is 9.80 Å². The number of likely N-dealkylation sites (tertiary alicyclic amines) is 2. The number of carbonyl (C=O) groups excluding carboxylic acids is 1. The first-order valence-electron chi connectivity index (χ1n) is 5.56. The minimum absolute atomic E-state index is 0. The molecule has 96 valence electrons. The summed E-state index contributed by atoms with van der Waals surface area (Å²) in [5, 5.41) is 0. The minimum atomic E-state index is -0.244. The van der Waals surface area contributed by atoms with Crippen molar-refractivity contribution in [2.24, 2.45) is 5.73 Å². The molecule has 2 N–H and O–H groups in total. The fraction of sp³-hybridized carbons (Fsp3) is 0.900. The van der Waals surface area contributed by atoms with Gasteiger partial charge in [0.1, 0.15) is 0 Å². The molecule has 0 aromatic carbocycles. The SMILES string of the molecule is Cl.Cl.NC(=O)N1CCC[C@H]1CN1CCCC1. The molecule has 1 atom stereocenters. The zero-order valence-corrected chi connectivity index (χ0v) is 11.1. The number of halogens is 2. The van der Waals surface area contributed by atoms with Crippen molar-refractivity contribution in [1.29, 1.82) is 0 Å². The summed E-state index contributed by atoms with van der Waals surface area (Å²) in [7, 11) is 0. The molecule has 4 nitrogen and oxygen atoms in total. The van der Waals surface area contributed by atoms with Gasteiger partial charge in [-0.1, -0.05) is 0 Å². The van der Waals surface area contributed by atoms with Gasteiger partial charge in [0.15, 0.2) is 0 Å². The van der Waals surface area contributed by atoms with Crippen molar-refractivity contribution in [3.63, 3.8) is 0 Å². The van der Waals surface area contributed by atoms with Crippen LogP contribution in [0.15, 0.2) is 0 Å². The van der Waals surface area contributed by atoms with E-state index >= 15 is 0 Å². The van der Waals surface area contributed by atoms with E-state index < -0.39 is 0 Å². The maximum absolute atomic E-state index is 11.1. The second-order valence-electron chi connectivity index (χ2n) is 4.34. The first kappa shape index (κ1) is 15.8. The summed E-state index contributed by atoms with van der Waals surface area (Å²) in [6.07, 6.45) is 4.85. The Morgan fingerprint density at radius 1 is 1.12 bits per heavy atom. The van der Waals surface area contributed by atoms with Crippen molar-refractivity contribution in [3.8, 4) is 0 Å². The van der Waals surface area contributed by atoms with Gasteiger partial charge in [0, 0.05) is 19.1 Å². The van der Waals surface area contributed by atoms with Gasteiger partial charge in [-0.05, 0) is 38.8 Å². The van der Waals surface area contributed by atoms with Gasteiger partial charge < -0.3 is 15.5 Å². The van der Waals surface area contributed by atoms with E-state index in [0.717, 1.165) is 25.9 Å². The normalized spacial score (nSPS) is 25.0. The zero-order valence-electron chi connectivity index (χ0n) is 9.43. The lowest BCUT2D eigenvalue weighted by atomic mass is 10.2. The second kappa shape index (κ2) is 7.20. The predicted octanol–water partition coefficient (Wildman–Crippen LogP) is 1.47. The van der Waals surface area contributed by atoms with Gasteiger partial charge in [0.2, 0.25) is 0 Å². The van der Waals surface area contributed by atoms with Crippen molar-refractivity contribution in [2.45, 2.75) is 31.7 Å². The molecule has 2 heterocycles. The third-order valence-electron chi connectivity index (χ3n) is 3.33. The summed E-state index contributed by atoms with van der Waals surface area (Å²) in [4.78, 5) is 15.4. The molecule has 2 rings (SSSR count). The van der Waals surface area contributed by atoms with Gasteiger partial charge >= 0.3 is 6.03 Å². The van der Waals surface area contributed by atoms with Crippen LogP contribution in [0.25, 0.3) is 0 Å². The molecule has 0 saturated carbocycles. The first-order valence-corrected chi connectivity index (χ1v) is 5.56. The van der Waals surface area contributed by atoms with Crippen LogP contribution in [0.4, 0.5) is 4.79 Å². The summed E-state index contributed by atoms with van der Waals surface area (Å²) in [5.41, 5.74) is 5.33. The molecule has 0 aromatic heterocycles. The number of urea groups is 1. The summed E-state index contributed by atoms with van der Waals surface area (Å²) >= 11 is 0. The fourth-order valence-corrected chi connectivity index (χ4v) is 2.58. The van der Waals surface area contributed by atoms with Crippen LogP contribution in [0.3, 0.4) is 0 Å². The third kappa shape index (κ3) is 3.68. The Morgan fingerprint density at radius 3 is 2.31 bits per heavy atom. The highest BCUT2D eigenvalue weighted by molar-refractivity contribution is 5.85. The Labute approximate surface area is 109 Å². The molecule has 0 aromatic rings. The van der Waals surface area contributed by atoms with Gasteiger partial charge in [0.05, 0.1) is 0 Å². The van der Waals surface area contributed by atoms with Gasteiger partial charge in [-0.25, -0.2) is 4.79 Å². The van der Waals surface area contributed by atoms with Crippen LogP contribution in [0.5, 0.6) is 0 Å². The number of hydrogen-bond donors (Lipinski definition) is 1. The number of hydrogen-bond acceptors (Lipinski definition) is 2. The highest BCUT2D eigenvalue weighted by Crippen LogP contribution is 2.19. The first-order chi connectivity index (χ1) is 6.77. The Balaban J connectivity index is 0.00000112. The third-order valence-corrected chi connectivity index (χ3v) is 3.33. The van der Waals surface area contributed by atoms with Crippen molar-refractivity contribution in [2.75, 3.05) is 26.2 Å². The molecule has 0 spiro atoms. The average Bonchev–Trinajstić information content (AvgIpc) is 2.75. The topological polar surface area (TPSA) is 49.6 Å². The van der Waals surface area contributed by atoms with E-state index in [-0.39, 0.29) is 30.8 Å². The number of nitrogens with zero attached hydrogens (tertiary/aromatic N) is 2. The Morgan fingerprint density at radius 2 is 1.75 bits per heavy atom. The lowest BCUT2D eigenvalue weighted by molar-refractivity contribution is 0.183. The molecule has 6 heteroatoms. The van der Waals surface area contributed by atoms with Crippen LogP contribution in [0.1, 0.15) is 25.7 Å². The van der Waals surface area contributed by atoms with E-state index in [1.807, 2.05) is 4.90 Å². The molecule has 2 amide bonds. The maximum atomic E-state index is 11.1. The van der Waals surface area contributed by atoms with Crippen LogP contribution in [0, 0.1) is 0 Å². The summed E-state index contributed by atoms with van der Waals surface area (Å²) < 4.78 is 0. The van der Waals surface area contributed by atoms with Gasteiger partial charge in [0.25, 0.3) is 0 Å². The maximum Gasteiger partial charge on any atom is 0.315 e. The van der Waals surface area contributed by atoms with Crippen molar-refractivity contribution in [3.05, 3.63) is 0 Å². The molecule has 2 aliphatic rings. The second-order valence-corrected chi connectivity index (χ2v) is 4.34. The fourth-order valence-electron chi connectivity index (χ4n) is 2.58. The monoisotopic (exact) mass is 269 g/mol. The Bertz CT molecular complexity index is 222. The van der Waals surface area contributed by atoms with Gasteiger partial charge in [-0.2, -0.15) is 0 Å². The quantitative estimate of drug-likeness (QED) is 0.826. The van der Waals surface area contributed by atoms with E-state index in [0.29, 0.717) is 6.04 Å². The Hall–Kier alpha value is -0.190. The van der Waals surface area contributed by atoms with E-state index in [1.165, 1.54) is 25.9 Å². The largest absolute Gasteiger partial charge is 0.351 e. The van der Waals surface area contributed by atoms with Crippen molar-refractivity contribution >= 4 is 30.8 Å². The molecule has 2 saturated heterocycles. The molecule has 2 aliphatic heterocycles. The molecule has 0 aliphatic carbocycles. The van der Waals surface area contributed by atoms with Gasteiger partial charge in [-0.15, -0.1) is 24.8 Å². The number of primary amides is 1. The van der Waals surface area contributed by atoms with Crippen LogP contribution < -0.4 is 5.73 Å². The van der Waals surface area contributed by atoms with E-state index in [2.05, 4.69) is 4.90 Å². The van der Waals surface area contributed by atoms with E-state index in [1.54, 1.807) is 0 Å². The van der Waals surface area contributed by atoms with Crippen LogP contribution >= 0.6 is 24.8 Å². The number of amides is 2. The van der Waals surface area contributed by atoms with Gasteiger partial charge in [-0.3, -0.25) is 0 Å². The zero-order chi connectivity index (χ0) is 9.97. The Kier molecular flexibility index (Phi) is 7.11. The van der Waals surface area contributed by atoms with Crippen LogP contribution in [-0.2, 0) is 0 Å². The highest BCUT2D eigenvalue weighted by atomic mass is 35.5. The smallest absolute Gasteiger partial charge is 0.315 e. The van der Waals surface area contributed by atoms with Crippen LogP contribution in [-0.4, -0.2) is 48.1 Å². The lowest BCUT2D eigenvalue weighted by Gasteiger charge is -2.26. The van der Waals surface area contributed by atoms with Crippen LogP contribution in [0.2, 0.25) is 0 Å². The standard InChI is InChI=1S/C10H19N3O.2ClH/c11-10(14)13-7-3-4-9(13)8-12-5-1-2-6-12;;/h9H,1-8H2,(H2,11,14);2*1H/t9-;;/m0../s1. The predicted molar refractivity (Wildman–Crippen MR) is 69.5 cm³/mol. The molecule has 0 unspecified atom stereocenters. The molecule has 0 bridgehead atoms. The molecular formula is C10H21Cl2N3O. The summed E-state index contributed by atoms with van der Waals surface area (Å²) in [6.45, 7) is 4.28. The van der Waals surface area contributed by atoms with E-state index in [4.69, 9.17) is 5.73 Å². The summed E-state index contributed by atoms with van der Waals surface area (Å²) in [6, 6.07) is 0.136. The number of rotatable bonds is 2. The van der Waals surface area contributed by atoms with E-state index in [9.17, 15) is 4.79 Å².